The SMILES string of the molecule is CC(=O)[C@@]1(O)CC[C@H]2[C@@H]3CCC4=CC(=O)CC([C@]56[C@@H](O)C[C@@]7(C)[C@@H](CC[C@]7(O)C(=O)CO)[C@@H]5CCC5=CC(=O)CC[C@@]56C)[C@]4(C)[C@H]3CC[C@@]21C. The Balaban J connectivity index is 1.32. The highest BCUT2D eigenvalue weighted by Crippen LogP contribution is 2.79. The Hall–Kier alpha value is -2.00. The number of hydrogen-bond donors (Lipinski definition) is 4. The van der Waals surface area contributed by atoms with E-state index in [1.807, 2.05) is 19.1 Å². The van der Waals surface area contributed by atoms with Crippen LogP contribution in [0.2, 0.25) is 0 Å². The monoisotopic (exact) mass is 690 g/mol. The predicted molar refractivity (Wildman–Crippen MR) is 185 cm³/mol. The van der Waals surface area contributed by atoms with Gasteiger partial charge in [0.1, 0.15) is 17.8 Å². The number of allylic oxidation sites excluding steroid dienone is 2. The molecule has 8 nitrogen and oxygen atoms in total. The molecule has 0 aromatic carbocycles. The highest BCUT2D eigenvalue weighted by Gasteiger charge is 2.78. The lowest BCUT2D eigenvalue weighted by molar-refractivity contribution is -0.264. The maximum atomic E-state index is 14.1. The van der Waals surface area contributed by atoms with E-state index in [1.165, 1.54) is 12.5 Å². The number of fused-ring (bicyclic) bond motifs is 10. The van der Waals surface area contributed by atoms with Gasteiger partial charge in [0.05, 0.1) is 6.10 Å². The topological polar surface area (TPSA) is 149 Å². The van der Waals surface area contributed by atoms with Gasteiger partial charge in [-0.1, -0.05) is 38.8 Å². The van der Waals surface area contributed by atoms with E-state index < -0.39 is 56.8 Å². The van der Waals surface area contributed by atoms with Crippen molar-refractivity contribution >= 4 is 23.1 Å². The average molecular weight is 691 g/mol. The van der Waals surface area contributed by atoms with Crippen molar-refractivity contribution in [2.75, 3.05) is 6.61 Å². The van der Waals surface area contributed by atoms with E-state index in [0.29, 0.717) is 44.9 Å². The molecule has 4 N–H and O–H groups in total. The molecular formula is C42H58O8. The van der Waals surface area contributed by atoms with E-state index in [-0.39, 0.29) is 65.7 Å². The number of Topliss-reactive ketones (excluding diaryl/α,β-unsaturated/α-hetero) is 2. The smallest absolute Gasteiger partial charge is 0.190 e. The van der Waals surface area contributed by atoms with Gasteiger partial charge in [-0.05, 0) is 142 Å². The number of ketones is 4. The summed E-state index contributed by atoms with van der Waals surface area (Å²) >= 11 is 0. The van der Waals surface area contributed by atoms with E-state index in [9.17, 15) is 39.6 Å². The third-order valence-corrected chi connectivity index (χ3v) is 18.5. The summed E-state index contributed by atoms with van der Waals surface area (Å²) in [6.45, 7) is 9.47. The lowest BCUT2D eigenvalue weighted by atomic mass is 9.30. The molecule has 0 radical (unpaired) electrons. The molecule has 0 aromatic rings. The van der Waals surface area contributed by atoms with Crippen molar-refractivity contribution in [3.8, 4) is 0 Å². The fourth-order valence-corrected chi connectivity index (χ4v) is 16.1. The Morgan fingerprint density at radius 1 is 0.740 bits per heavy atom. The Morgan fingerprint density at radius 2 is 1.38 bits per heavy atom. The van der Waals surface area contributed by atoms with Crippen LogP contribution in [0.4, 0.5) is 0 Å². The predicted octanol–water partition coefficient (Wildman–Crippen LogP) is 5.23. The van der Waals surface area contributed by atoms with E-state index >= 15 is 0 Å². The number of rotatable bonds is 4. The minimum absolute atomic E-state index is 0.0898. The Morgan fingerprint density at radius 3 is 2.08 bits per heavy atom. The molecule has 0 spiro atoms. The number of aliphatic hydroxyl groups is 4. The first-order valence-corrected chi connectivity index (χ1v) is 19.7. The summed E-state index contributed by atoms with van der Waals surface area (Å²) in [5.41, 5.74) is -4.07. The fraction of sp³-hybridized carbons (Fsp3) is 0.810. The van der Waals surface area contributed by atoms with Gasteiger partial charge in [-0.15, -0.1) is 0 Å². The van der Waals surface area contributed by atoms with Gasteiger partial charge < -0.3 is 20.4 Å². The molecule has 6 fully saturated rings. The molecular weight excluding hydrogens is 632 g/mol. The summed E-state index contributed by atoms with van der Waals surface area (Å²) in [6, 6.07) is 0. The molecule has 8 aliphatic rings. The van der Waals surface area contributed by atoms with E-state index in [4.69, 9.17) is 0 Å². The summed E-state index contributed by atoms with van der Waals surface area (Å²) in [5, 5.41) is 47.1. The van der Waals surface area contributed by atoms with Gasteiger partial charge in [0.2, 0.25) is 0 Å². The van der Waals surface area contributed by atoms with Crippen LogP contribution >= 0.6 is 0 Å². The number of hydrogen-bond acceptors (Lipinski definition) is 8. The van der Waals surface area contributed by atoms with Crippen LogP contribution in [-0.4, -0.2) is 67.5 Å². The molecule has 0 aliphatic heterocycles. The standard InChI is InChI=1S/C42H58O8/c1-23(44)40(49)16-12-29-28-8-6-25-19-27(46)20-33(39(25,5)30(28)11-15-37(29,40)3)42-32(9-7-24-18-26(45)10-14-36(24,42)2)31-13-17-41(50,35(48)22-43)38(31,4)21-34(42)47/h18-19,28-34,43,47,49-50H,6-17,20-22H2,1-5H3/t28-,29-,30-,31-,32-,33?,34-,36-,37-,38-,39-,40-,41-,42-/m0/s1. The maximum Gasteiger partial charge on any atom is 0.190 e. The molecule has 274 valence electrons. The van der Waals surface area contributed by atoms with Gasteiger partial charge >= 0.3 is 0 Å². The molecule has 8 aliphatic carbocycles. The average Bonchev–Trinajstić information content (AvgIpc) is 3.50. The van der Waals surface area contributed by atoms with Crippen LogP contribution in [-0.2, 0) is 19.2 Å². The minimum atomic E-state index is -1.74. The molecule has 0 heterocycles. The molecule has 0 bridgehead atoms. The van der Waals surface area contributed by atoms with Gasteiger partial charge in [0, 0.05) is 29.1 Å². The first-order valence-electron chi connectivity index (χ1n) is 19.7. The van der Waals surface area contributed by atoms with Crippen molar-refractivity contribution in [1.82, 2.24) is 0 Å². The largest absolute Gasteiger partial charge is 0.392 e. The van der Waals surface area contributed by atoms with Crippen molar-refractivity contribution in [2.24, 2.45) is 62.6 Å². The fourth-order valence-electron chi connectivity index (χ4n) is 16.1. The first-order chi connectivity index (χ1) is 23.4. The quantitative estimate of drug-likeness (QED) is 0.314. The molecule has 6 saturated carbocycles. The maximum absolute atomic E-state index is 14.1. The molecule has 0 aromatic heterocycles. The zero-order valence-corrected chi connectivity index (χ0v) is 30.7. The lowest BCUT2D eigenvalue weighted by Crippen LogP contribution is -2.72. The van der Waals surface area contributed by atoms with Crippen LogP contribution in [0, 0.1) is 62.6 Å². The Labute approximate surface area is 296 Å². The van der Waals surface area contributed by atoms with Gasteiger partial charge in [-0.2, -0.15) is 0 Å². The molecule has 8 rings (SSSR count). The van der Waals surface area contributed by atoms with E-state index in [1.54, 1.807) is 0 Å². The summed E-state index contributed by atoms with van der Waals surface area (Å²) in [4.78, 5) is 53.4. The molecule has 14 atom stereocenters. The second-order valence-corrected chi connectivity index (χ2v) is 19.3. The minimum Gasteiger partial charge on any atom is -0.392 e. The van der Waals surface area contributed by atoms with Crippen LogP contribution < -0.4 is 0 Å². The molecule has 1 unspecified atom stereocenters. The first kappa shape index (κ1) is 35.1. The summed E-state index contributed by atoms with van der Waals surface area (Å²) in [6.07, 6.45) is 11.0. The van der Waals surface area contributed by atoms with E-state index in [0.717, 1.165) is 37.7 Å². The van der Waals surface area contributed by atoms with Crippen molar-refractivity contribution in [3.05, 3.63) is 23.3 Å². The molecule has 8 heteroatoms. The van der Waals surface area contributed by atoms with Gasteiger partial charge in [-0.3, -0.25) is 19.2 Å². The highest BCUT2D eigenvalue weighted by atomic mass is 16.3. The molecule has 0 saturated heterocycles. The van der Waals surface area contributed by atoms with Crippen molar-refractivity contribution in [2.45, 2.75) is 142 Å². The lowest BCUT2D eigenvalue weighted by Gasteiger charge is -2.74. The number of carbonyl (C=O) groups excluding carboxylic acids is 4. The van der Waals surface area contributed by atoms with Crippen LogP contribution in [0.3, 0.4) is 0 Å². The Kier molecular flexibility index (Phi) is 7.57. The van der Waals surface area contributed by atoms with Gasteiger partial charge in [-0.25, -0.2) is 0 Å². The van der Waals surface area contributed by atoms with Crippen LogP contribution in [0.5, 0.6) is 0 Å². The van der Waals surface area contributed by atoms with Crippen molar-refractivity contribution in [3.63, 3.8) is 0 Å². The van der Waals surface area contributed by atoms with Crippen LogP contribution in [0.15, 0.2) is 23.3 Å². The normalized spacial score (nSPS) is 53.9. The third-order valence-electron chi connectivity index (χ3n) is 18.5. The zero-order chi connectivity index (χ0) is 36.0. The second kappa shape index (κ2) is 10.8. The van der Waals surface area contributed by atoms with Crippen molar-refractivity contribution in [1.29, 1.82) is 0 Å². The summed E-state index contributed by atoms with van der Waals surface area (Å²) in [7, 11) is 0. The Bertz CT molecular complexity index is 1630. The number of carbonyl (C=O) groups is 4. The van der Waals surface area contributed by atoms with Crippen molar-refractivity contribution < 1.29 is 39.6 Å². The summed E-state index contributed by atoms with van der Waals surface area (Å²) in [5.74, 6) is -0.332. The van der Waals surface area contributed by atoms with Crippen LogP contribution in [0.1, 0.15) is 125 Å². The summed E-state index contributed by atoms with van der Waals surface area (Å²) < 4.78 is 0. The van der Waals surface area contributed by atoms with E-state index in [2.05, 4.69) is 20.8 Å². The van der Waals surface area contributed by atoms with Gasteiger partial charge in [0.25, 0.3) is 0 Å². The zero-order valence-electron chi connectivity index (χ0n) is 30.7. The van der Waals surface area contributed by atoms with Gasteiger partial charge in [0.15, 0.2) is 23.1 Å². The molecule has 50 heavy (non-hydrogen) atoms. The van der Waals surface area contributed by atoms with Crippen LogP contribution in [0.25, 0.3) is 0 Å². The third kappa shape index (κ3) is 3.83. The highest BCUT2D eigenvalue weighted by molar-refractivity contribution is 5.93. The number of aliphatic hydroxyl groups excluding tert-OH is 2. The molecule has 0 amide bonds. The second-order valence-electron chi connectivity index (χ2n) is 19.3.